The summed E-state index contributed by atoms with van der Waals surface area (Å²) < 4.78 is 0. The minimum absolute atomic E-state index is 0.373. The molecule has 0 atom stereocenters. The molecule has 2 rings (SSSR count). The number of H-pyrrole nitrogens is 1. The summed E-state index contributed by atoms with van der Waals surface area (Å²) in [6, 6.07) is 6.66. The average molecular weight is 244 g/mol. The number of carbonyl (C=O) groups excluding carboxylic acids is 2. The van der Waals surface area contributed by atoms with E-state index in [1.807, 2.05) is 6.92 Å². The molecule has 0 saturated carbocycles. The van der Waals surface area contributed by atoms with Gasteiger partial charge in [-0.1, -0.05) is 0 Å². The monoisotopic (exact) mass is 244 g/mol. The number of aromatic amines is 1. The number of hydrogen-bond acceptors (Lipinski definition) is 3. The number of amides is 2. The SMILES string of the molecule is Cc1ccc(C(=O)NNC(=O)c2ccc[nH]2)cn1. The van der Waals surface area contributed by atoms with E-state index in [1.165, 1.54) is 6.20 Å². The Labute approximate surface area is 103 Å². The first kappa shape index (κ1) is 11.8. The van der Waals surface area contributed by atoms with Gasteiger partial charge in [-0.05, 0) is 31.2 Å². The van der Waals surface area contributed by atoms with Crippen molar-refractivity contribution in [1.29, 1.82) is 0 Å². The molecule has 18 heavy (non-hydrogen) atoms. The fourth-order valence-electron chi connectivity index (χ4n) is 1.33. The minimum Gasteiger partial charge on any atom is -0.357 e. The van der Waals surface area contributed by atoms with E-state index in [2.05, 4.69) is 20.8 Å². The second kappa shape index (κ2) is 5.13. The van der Waals surface area contributed by atoms with Gasteiger partial charge in [-0.3, -0.25) is 25.4 Å². The lowest BCUT2D eigenvalue weighted by Gasteiger charge is -2.06. The second-order valence-electron chi connectivity index (χ2n) is 3.68. The van der Waals surface area contributed by atoms with Gasteiger partial charge in [0.25, 0.3) is 11.8 Å². The third kappa shape index (κ3) is 2.73. The molecule has 0 saturated heterocycles. The lowest BCUT2D eigenvalue weighted by atomic mass is 10.2. The molecule has 0 fully saturated rings. The van der Waals surface area contributed by atoms with Crippen LogP contribution in [0.3, 0.4) is 0 Å². The van der Waals surface area contributed by atoms with Crippen LogP contribution in [0.25, 0.3) is 0 Å². The summed E-state index contributed by atoms with van der Waals surface area (Å²) in [5.41, 5.74) is 6.18. The quantitative estimate of drug-likeness (QED) is 0.683. The fraction of sp³-hybridized carbons (Fsp3) is 0.0833. The molecule has 0 spiro atoms. The van der Waals surface area contributed by atoms with E-state index in [1.54, 1.807) is 30.5 Å². The van der Waals surface area contributed by atoms with Crippen LogP contribution >= 0.6 is 0 Å². The van der Waals surface area contributed by atoms with Crippen LogP contribution in [0.5, 0.6) is 0 Å². The van der Waals surface area contributed by atoms with Crippen molar-refractivity contribution in [2.45, 2.75) is 6.92 Å². The summed E-state index contributed by atoms with van der Waals surface area (Å²) in [7, 11) is 0. The molecule has 6 heteroatoms. The van der Waals surface area contributed by atoms with Crippen molar-refractivity contribution in [2.24, 2.45) is 0 Å². The molecule has 2 heterocycles. The fourth-order valence-corrected chi connectivity index (χ4v) is 1.33. The number of aromatic nitrogens is 2. The first-order chi connectivity index (χ1) is 8.66. The Balaban J connectivity index is 1.92. The van der Waals surface area contributed by atoms with Gasteiger partial charge in [-0.25, -0.2) is 0 Å². The second-order valence-corrected chi connectivity index (χ2v) is 3.68. The van der Waals surface area contributed by atoms with Crippen LogP contribution in [0, 0.1) is 6.92 Å². The maximum Gasteiger partial charge on any atom is 0.286 e. The molecule has 0 aliphatic heterocycles. The number of hydrogen-bond donors (Lipinski definition) is 3. The van der Waals surface area contributed by atoms with E-state index in [0.717, 1.165) is 5.69 Å². The molecule has 0 aliphatic carbocycles. The lowest BCUT2D eigenvalue weighted by Crippen LogP contribution is -2.41. The predicted molar refractivity (Wildman–Crippen MR) is 64.7 cm³/mol. The van der Waals surface area contributed by atoms with Crippen molar-refractivity contribution < 1.29 is 9.59 Å². The van der Waals surface area contributed by atoms with Gasteiger partial charge in [0.05, 0.1) is 5.56 Å². The number of hydrazine groups is 1. The smallest absolute Gasteiger partial charge is 0.286 e. The van der Waals surface area contributed by atoms with Crippen molar-refractivity contribution in [1.82, 2.24) is 20.8 Å². The zero-order valence-electron chi connectivity index (χ0n) is 9.73. The molecule has 2 aromatic rings. The van der Waals surface area contributed by atoms with Crippen molar-refractivity contribution in [3.63, 3.8) is 0 Å². The Kier molecular flexibility index (Phi) is 3.38. The maximum atomic E-state index is 11.7. The van der Waals surface area contributed by atoms with Crippen molar-refractivity contribution in [2.75, 3.05) is 0 Å². The van der Waals surface area contributed by atoms with Gasteiger partial charge >= 0.3 is 0 Å². The summed E-state index contributed by atoms with van der Waals surface area (Å²) in [6.07, 6.45) is 3.08. The predicted octanol–water partition coefficient (Wildman–Crippen LogP) is 0.793. The molecule has 3 N–H and O–H groups in total. The molecule has 0 radical (unpaired) electrons. The maximum absolute atomic E-state index is 11.7. The Hall–Kier alpha value is -2.63. The van der Waals surface area contributed by atoms with Crippen LogP contribution in [0.15, 0.2) is 36.7 Å². The van der Waals surface area contributed by atoms with Gasteiger partial charge in [0.2, 0.25) is 0 Å². The number of rotatable bonds is 2. The normalized spacial score (nSPS) is 9.83. The lowest BCUT2D eigenvalue weighted by molar-refractivity contribution is 0.0844. The summed E-state index contributed by atoms with van der Waals surface area (Å²) >= 11 is 0. The molecule has 92 valence electrons. The zero-order chi connectivity index (χ0) is 13.0. The van der Waals surface area contributed by atoms with Gasteiger partial charge in [0, 0.05) is 18.1 Å². The Bertz CT molecular complexity index is 546. The highest BCUT2D eigenvalue weighted by Gasteiger charge is 2.09. The minimum atomic E-state index is -0.414. The van der Waals surface area contributed by atoms with Gasteiger partial charge in [0.15, 0.2) is 0 Å². The zero-order valence-corrected chi connectivity index (χ0v) is 9.73. The summed E-state index contributed by atoms with van der Waals surface area (Å²) in [4.78, 5) is 29.9. The molecule has 2 aromatic heterocycles. The number of nitrogens with zero attached hydrogens (tertiary/aromatic N) is 1. The third-order valence-corrected chi connectivity index (χ3v) is 2.31. The van der Waals surface area contributed by atoms with E-state index in [4.69, 9.17) is 0 Å². The molecule has 6 nitrogen and oxygen atoms in total. The van der Waals surface area contributed by atoms with E-state index >= 15 is 0 Å². The number of nitrogens with one attached hydrogen (secondary N) is 3. The first-order valence-electron chi connectivity index (χ1n) is 5.33. The van der Waals surface area contributed by atoms with Gasteiger partial charge < -0.3 is 4.98 Å². The van der Waals surface area contributed by atoms with E-state index in [0.29, 0.717) is 11.3 Å². The van der Waals surface area contributed by atoms with Crippen LogP contribution in [-0.4, -0.2) is 21.8 Å². The van der Waals surface area contributed by atoms with Crippen LogP contribution in [0.2, 0.25) is 0 Å². The first-order valence-corrected chi connectivity index (χ1v) is 5.33. The summed E-state index contributed by atoms with van der Waals surface area (Å²) in [5, 5.41) is 0. The average Bonchev–Trinajstić information content (AvgIpc) is 2.90. The molecule has 2 amide bonds. The topological polar surface area (TPSA) is 86.9 Å². The van der Waals surface area contributed by atoms with Crippen molar-refractivity contribution in [3.05, 3.63) is 53.6 Å². The molecular formula is C12H12N4O2. The standard InChI is InChI=1S/C12H12N4O2/c1-8-4-5-9(7-14-8)11(17)15-16-12(18)10-3-2-6-13-10/h2-7,13H,1H3,(H,15,17)(H,16,18). The molecule has 0 aromatic carbocycles. The number of carbonyl (C=O) groups is 2. The summed E-state index contributed by atoms with van der Waals surface area (Å²) in [6.45, 7) is 1.83. The van der Waals surface area contributed by atoms with Crippen LogP contribution in [0.4, 0.5) is 0 Å². The molecule has 0 bridgehead atoms. The largest absolute Gasteiger partial charge is 0.357 e. The van der Waals surface area contributed by atoms with E-state index in [9.17, 15) is 9.59 Å². The third-order valence-electron chi connectivity index (χ3n) is 2.31. The highest BCUT2D eigenvalue weighted by molar-refractivity contribution is 5.98. The van der Waals surface area contributed by atoms with Gasteiger partial charge in [-0.2, -0.15) is 0 Å². The summed E-state index contributed by atoms with van der Waals surface area (Å²) in [5.74, 6) is -0.823. The molecule has 0 aliphatic rings. The van der Waals surface area contributed by atoms with Crippen molar-refractivity contribution in [3.8, 4) is 0 Å². The van der Waals surface area contributed by atoms with Crippen LogP contribution in [-0.2, 0) is 0 Å². The van der Waals surface area contributed by atoms with Gasteiger partial charge in [-0.15, -0.1) is 0 Å². The Morgan fingerprint density at radius 3 is 2.56 bits per heavy atom. The Morgan fingerprint density at radius 2 is 1.94 bits per heavy atom. The molecule has 0 unspecified atom stereocenters. The van der Waals surface area contributed by atoms with Crippen LogP contribution < -0.4 is 10.9 Å². The number of aryl methyl sites for hydroxylation is 1. The molecular weight excluding hydrogens is 232 g/mol. The van der Waals surface area contributed by atoms with Crippen LogP contribution in [0.1, 0.15) is 26.5 Å². The number of pyridine rings is 1. The Morgan fingerprint density at radius 1 is 1.17 bits per heavy atom. The van der Waals surface area contributed by atoms with Crippen molar-refractivity contribution >= 4 is 11.8 Å². The van der Waals surface area contributed by atoms with E-state index < -0.39 is 11.8 Å². The highest BCUT2D eigenvalue weighted by atomic mass is 16.2. The highest BCUT2D eigenvalue weighted by Crippen LogP contribution is 1.98. The van der Waals surface area contributed by atoms with Gasteiger partial charge in [0.1, 0.15) is 5.69 Å². The van der Waals surface area contributed by atoms with E-state index in [-0.39, 0.29) is 0 Å².